The number of pyridine rings is 1. The van der Waals surface area contributed by atoms with Gasteiger partial charge in [-0.15, -0.1) is 12.4 Å². The zero-order valence-corrected chi connectivity index (χ0v) is 18.0. The molecule has 4 N–H and O–H groups in total. The van der Waals surface area contributed by atoms with E-state index in [0.29, 0.717) is 18.3 Å². The predicted octanol–water partition coefficient (Wildman–Crippen LogP) is 2.90. The maximum absolute atomic E-state index is 13.3. The second kappa shape index (κ2) is 11.5. The van der Waals surface area contributed by atoms with Crippen LogP contribution in [-0.4, -0.2) is 43.4 Å². The Labute approximate surface area is 179 Å². The van der Waals surface area contributed by atoms with E-state index in [1.165, 1.54) is 6.07 Å². The lowest BCUT2D eigenvalue weighted by atomic mass is 9.99. The van der Waals surface area contributed by atoms with Crippen molar-refractivity contribution < 1.29 is 9.13 Å². The number of nitrogens with one attached hydrogen (secondary N) is 2. The smallest absolute Gasteiger partial charge is 0.123 e. The molecule has 3 atom stereocenters. The van der Waals surface area contributed by atoms with E-state index in [-0.39, 0.29) is 30.4 Å². The monoisotopic (exact) mass is 422 g/mol. The van der Waals surface area contributed by atoms with Crippen molar-refractivity contribution >= 4 is 18.2 Å². The topological polar surface area (TPSA) is 72.2 Å². The van der Waals surface area contributed by atoms with Gasteiger partial charge in [-0.05, 0) is 62.1 Å². The van der Waals surface area contributed by atoms with Crippen molar-refractivity contribution in [3.8, 4) is 0 Å². The number of rotatable bonds is 9. The Kier molecular flexibility index (Phi) is 9.30. The number of aromatic nitrogens is 1. The summed E-state index contributed by atoms with van der Waals surface area (Å²) in [6.45, 7) is 7.38. The number of benzene rings is 1. The highest BCUT2D eigenvalue weighted by atomic mass is 35.5. The standard InChI is InChI=1S/C22H31FN4O.ClH/c1-15-8-20(27-22(24)9-15)12-18-13-25-14-21(18)28-7-6-26-16(2)10-17-4-3-5-19(23)11-17;/h3-5,8-9,11,16,18,21,25-26H,6-7,10,12-14H2,1-2H3,(H2,24,27);1H/t16-,18-,21+;/m1./s1. The molecule has 0 bridgehead atoms. The summed E-state index contributed by atoms with van der Waals surface area (Å²) < 4.78 is 19.4. The molecule has 0 amide bonds. The van der Waals surface area contributed by atoms with Crippen LogP contribution in [0.15, 0.2) is 36.4 Å². The zero-order valence-electron chi connectivity index (χ0n) is 17.2. The van der Waals surface area contributed by atoms with Crippen LogP contribution < -0.4 is 16.4 Å². The van der Waals surface area contributed by atoms with E-state index >= 15 is 0 Å². The first-order chi connectivity index (χ1) is 13.5. The van der Waals surface area contributed by atoms with Gasteiger partial charge in [0.05, 0.1) is 12.7 Å². The van der Waals surface area contributed by atoms with Crippen molar-refractivity contribution in [3.63, 3.8) is 0 Å². The summed E-state index contributed by atoms with van der Waals surface area (Å²) in [5.41, 5.74) is 9.05. The third kappa shape index (κ3) is 7.55. The van der Waals surface area contributed by atoms with Crippen molar-refractivity contribution in [2.75, 3.05) is 32.0 Å². The Morgan fingerprint density at radius 1 is 1.31 bits per heavy atom. The molecule has 5 nitrogen and oxygen atoms in total. The SMILES string of the molecule is Cc1cc(N)nc(C[C@@H]2CNC[C@@H]2OCCN[C@H](C)Cc2cccc(F)c2)c1.Cl. The van der Waals surface area contributed by atoms with Gasteiger partial charge in [0.15, 0.2) is 0 Å². The van der Waals surface area contributed by atoms with Crippen LogP contribution in [-0.2, 0) is 17.6 Å². The quantitative estimate of drug-likeness (QED) is 0.542. The van der Waals surface area contributed by atoms with Crippen LogP contribution >= 0.6 is 12.4 Å². The Balaban J connectivity index is 0.00000300. The number of hydrogen-bond donors (Lipinski definition) is 3. The van der Waals surface area contributed by atoms with E-state index in [4.69, 9.17) is 10.5 Å². The molecule has 2 aromatic rings. The van der Waals surface area contributed by atoms with Gasteiger partial charge in [0.25, 0.3) is 0 Å². The molecule has 0 aliphatic carbocycles. The molecular formula is C22H32ClFN4O. The Hall–Kier alpha value is -1.73. The number of aryl methyl sites for hydroxylation is 1. The van der Waals surface area contributed by atoms with Crippen LogP contribution in [0.2, 0.25) is 0 Å². The van der Waals surface area contributed by atoms with Crippen molar-refractivity contribution in [1.82, 2.24) is 15.6 Å². The summed E-state index contributed by atoms with van der Waals surface area (Å²) in [5.74, 6) is 0.797. The Morgan fingerprint density at radius 2 is 2.14 bits per heavy atom. The highest BCUT2D eigenvalue weighted by molar-refractivity contribution is 5.85. The van der Waals surface area contributed by atoms with E-state index in [9.17, 15) is 4.39 Å². The molecule has 1 saturated heterocycles. The fourth-order valence-electron chi connectivity index (χ4n) is 3.85. The second-order valence-electron chi connectivity index (χ2n) is 7.78. The highest BCUT2D eigenvalue weighted by Crippen LogP contribution is 2.19. The van der Waals surface area contributed by atoms with Gasteiger partial charge in [-0.25, -0.2) is 9.37 Å². The number of ether oxygens (including phenoxy) is 1. The average molecular weight is 423 g/mol. The average Bonchev–Trinajstić information content (AvgIpc) is 3.05. The van der Waals surface area contributed by atoms with Crippen molar-refractivity contribution in [2.24, 2.45) is 5.92 Å². The highest BCUT2D eigenvalue weighted by Gasteiger charge is 2.28. The minimum absolute atomic E-state index is 0. The number of anilines is 1. The van der Waals surface area contributed by atoms with Gasteiger partial charge in [0.1, 0.15) is 11.6 Å². The minimum Gasteiger partial charge on any atom is -0.384 e. The van der Waals surface area contributed by atoms with Crippen LogP contribution in [0.1, 0.15) is 23.7 Å². The molecule has 0 saturated carbocycles. The molecule has 0 unspecified atom stereocenters. The zero-order chi connectivity index (χ0) is 19.9. The number of nitrogen functional groups attached to an aromatic ring is 1. The van der Waals surface area contributed by atoms with E-state index in [0.717, 1.165) is 49.3 Å². The van der Waals surface area contributed by atoms with E-state index in [1.807, 2.05) is 19.1 Å². The molecule has 160 valence electrons. The largest absolute Gasteiger partial charge is 0.384 e. The van der Waals surface area contributed by atoms with Crippen LogP contribution in [0, 0.1) is 18.7 Å². The first kappa shape index (κ1) is 23.5. The third-order valence-corrected chi connectivity index (χ3v) is 5.15. The van der Waals surface area contributed by atoms with Gasteiger partial charge in [0, 0.05) is 37.3 Å². The van der Waals surface area contributed by atoms with Crippen LogP contribution in [0.5, 0.6) is 0 Å². The maximum Gasteiger partial charge on any atom is 0.123 e. The summed E-state index contributed by atoms with van der Waals surface area (Å²) in [7, 11) is 0. The Bertz CT molecular complexity index is 756. The van der Waals surface area contributed by atoms with Crippen LogP contribution in [0.25, 0.3) is 0 Å². The number of halogens is 2. The van der Waals surface area contributed by atoms with Gasteiger partial charge < -0.3 is 21.1 Å². The van der Waals surface area contributed by atoms with Crippen LogP contribution in [0.4, 0.5) is 10.2 Å². The maximum atomic E-state index is 13.3. The lowest BCUT2D eigenvalue weighted by Crippen LogP contribution is -2.33. The number of nitrogens with zero attached hydrogens (tertiary/aromatic N) is 1. The molecule has 3 rings (SSSR count). The van der Waals surface area contributed by atoms with Crippen molar-refractivity contribution in [3.05, 3.63) is 59.0 Å². The van der Waals surface area contributed by atoms with Gasteiger partial charge in [-0.1, -0.05) is 12.1 Å². The lowest BCUT2D eigenvalue weighted by Gasteiger charge is -2.20. The second-order valence-corrected chi connectivity index (χ2v) is 7.78. The molecule has 0 radical (unpaired) electrons. The van der Waals surface area contributed by atoms with E-state index in [1.54, 1.807) is 12.1 Å². The molecule has 0 spiro atoms. The molecule has 7 heteroatoms. The molecule has 1 aromatic carbocycles. The fourth-order valence-corrected chi connectivity index (χ4v) is 3.85. The molecular weight excluding hydrogens is 391 g/mol. The summed E-state index contributed by atoms with van der Waals surface area (Å²) in [5, 5.41) is 6.88. The van der Waals surface area contributed by atoms with Gasteiger partial charge in [0.2, 0.25) is 0 Å². The first-order valence-corrected chi connectivity index (χ1v) is 10.0. The molecule has 1 fully saturated rings. The van der Waals surface area contributed by atoms with Crippen molar-refractivity contribution in [2.45, 2.75) is 38.8 Å². The normalized spacial score (nSPS) is 19.7. The van der Waals surface area contributed by atoms with Crippen molar-refractivity contribution in [1.29, 1.82) is 0 Å². The van der Waals surface area contributed by atoms with Gasteiger partial charge in [-0.2, -0.15) is 0 Å². The molecule has 2 heterocycles. The summed E-state index contributed by atoms with van der Waals surface area (Å²) in [6.07, 6.45) is 1.85. The third-order valence-electron chi connectivity index (χ3n) is 5.15. The first-order valence-electron chi connectivity index (χ1n) is 10.0. The van der Waals surface area contributed by atoms with Gasteiger partial charge in [-0.3, -0.25) is 0 Å². The van der Waals surface area contributed by atoms with E-state index in [2.05, 4.69) is 28.6 Å². The predicted molar refractivity (Wildman–Crippen MR) is 118 cm³/mol. The summed E-state index contributed by atoms with van der Waals surface area (Å²) >= 11 is 0. The number of hydrogen-bond acceptors (Lipinski definition) is 5. The minimum atomic E-state index is -0.183. The summed E-state index contributed by atoms with van der Waals surface area (Å²) in [4.78, 5) is 4.45. The molecule has 1 aromatic heterocycles. The molecule has 29 heavy (non-hydrogen) atoms. The number of nitrogens with two attached hydrogens (primary N) is 1. The van der Waals surface area contributed by atoms with E-state index < -0.39 is 0 Å². The Morgan fingerprint density at radius 3 is 2.90 bits per heavy atom. The molecule has 1 aliphatic rings. The summed E-state index contributed by atoms with van der Waals surface area (Å²) in [6, 6.07) is 11.0. The fraction of sp³-hybridized carbons (Fsp3) is 0.500. The van der Waals surface area contributed by atoms with Crippen LogP contribution in [0.3, 0.4) is 0 Å². The molecule has 1 aliphatic heterocycles. The van der Waals surface area contributed by atoms with Gasteiger partial charge >= 0.3 is 0 Å². The lowest BCUT2D eigenvalue weighted by molar-refractivity contribution is 0.0387.